The van der Waals surface area contributed by atoms with E-state index < -0.39 is 9.84 Å². The van der Waals surface area contributed by atoms with Crippen LogP contribution in [-0.4, -0.2) is 15.5 Å². The summed E-state index contributed by atoms with van der Waals surface area (Å²) in [5.41, 5.74) is 7.05. The number of sulfone groups is 1. The Labute approximate surface area is 112 Å². The van der Waals surface area contributed by atoms with Crippen LogP contribution < -0.4 is 10.5 Å². The number of hydrogen-bond acceptors (Lipinski definition) is 4. The van der Waals surface area contributed by atoms with Crippen LogP contribution in [0, 0.1) is 6.92 Å². The lowest BCUT2D eigenvalue weighted by atomic mass is 10.2. The number of aryl methyl sites for hydroxylation is 1. The van der Waals surface area contributed by atoms with E-state index in [-0.39, 0.29) is 9.79 Å². The van der Waals surface area contributed by atoms with Crippen molar-refractivity contribution < 1.29 is 13.2 Å². The average Bonchev–Trinajstić information content (AvgIpc) is 2.39. The maximum absolute atomic E-state index is 12.4. The number of nitrogens with two attached hydrogens (primary N) is 1. The highest BCUT2D eigenvalue weighted by molar-refractivity contribution is 7.91. The van der Waals surface area contributed by atoms with Crippen LogP contribution >= 0.6 is 0 Å². The minimum atomic E-state index is -3.54. The van der Waals surface area contributed by atoms with Crippen LogP contribution in [0.4, 0.5) is 5.69 Å². The molecule has 0 fully saturated rings. The van der Waals surface area contributed by atoms with Crippen molar-refractivity contribution in [1.82, 2.24) is 0 Å². The fourth-order valence-corrected chi connectivity index (χ4v) is 3.03. The minimum Gasteiger partial charge on any atom is -0.495 e. The molecule has 0 aromatic heterocycles. The first-order valence-corrected chi connectivity index (χ1v) is 7.19. The number of rotatable bonds is 3. The molecule has 2 aromatic rings. The molecule has 0 aliphatic heterocycles. The smallest absolute Gasteiger partial charge is 0.206 e. The summed E-state index contributed by atoms with van der Waals surface area (Å²) in [7, 11) is -2.05. The topological polar surface area (TPSA) is 69.4 Å². The Morgan fingerprint density at radius 1 is 1.00 bits per heavy atom. The van der Waals surface area contributed by atoms with Crippen molar-refractivity contribution in [3.8, 4) is 5.75 Å². The molecule has 0 saturated heterocycles. The van der Waals surface area contributed by atoms with Gasteiger partial charge in [-0.1, -0.05) is 17.7 Å². The summed E-state index contributed by atoms with van der Waals surface area (Å²) in [6, 6.07) is 11.2. The van der Waals surface area contributed by atoms with Crippen molar-refractivity contribution in [2.45, 2.75) is 16.7 Å². The summed E-state index contributed by atoms with van der Waals surface area (Å²) in [5.74, 6) is 0.461. The Morgan fingerprint density at radius 3 is 2.11 bits per heavy atom. The molecule has 2 N–H and O–H groups in total. The first-order valence-electron chi connectivity index (χ1n) is 5.70. The monoisotopic (exact) mass is 277 g/mol. The van der Waals surface area contributed by atoms with Gasteiger partial charge in [0.1, 0.15) is 5.75 Å². The molecule has 5 heteroatoms. The summed E-state index contributed by atoms with van der Waals surface area (Å²) < 4.78 is 29.8. The molecule has 4 nitrogen and oxygen atoms in total. The zero-order chi connectivity index (χ0) is 14.0. The molecule has 100 valence electrons. The number of benzene rings is 2. The molecule has 0 aliphatic rings. The van der Waals surface area contributed by atoms with Gasteiger partial charge in [-0.3, -0.25) is 0 Å². The van der Waals surface area contributed by atoms with Crippen LogP contribution in [0.3, 0.4) is 0 Å². The molecule has 2 rings (SSSR count). The molecule has 19 heavy (non-hydrogen) atoms. The van der Waals surface area contributed by atoms with Crippen molar-refractivity contribution in [3.63, 3.8) is 0 Å². The molecule has 0 heterocycles. The summed E-state index contributed by atoms with van der Waals surface area (Å²) >= 11 is 0. The Bertz CT molecular complexity index is 691. The van der Waals surface area contributed by atoms with Crippen LogP contribution in [0.1, 0.15) is 5.56 Å². The molecular formula is C14H15NO3S. The van der Waals surface area contributed by atoms with Gasteiger partial charge in [-0.05, 0) is 37.3 Å². The number of anilines is 1. The second-order valence-electron chi connectivity index (χ2n) is 4.22. The average molecular weight is 277 g/mol. The van der Waals surface area contributed by atoms with Crippen LogP contribution in [0.15, 0.2) is 52.3 Å². The Morgan fingerprint density at radius 2 is 1.58 bits per heavy atom. The number of methoxy groups -OCH3 is 1. The molecule has 0 unspecified atom stereocenters. The molecule has 0 radical (unpaired) electrons. The van der Waals surface area contributed by atoms with Gasteiger partial charge in [0.25, 0.3) is 0 Å². The van der Waals surface area contributed by atoms with Crippen LogP contribution in [0.2, 0.25) is 0 Å². The second-order valence-corrected chi connectivity index (χ2v) is 6.17. The van der Waals surface area contributed by atoms with Gasteiger partial charge < -0.3 is 10.5 Å². The third-order valence-corrected chi connectivity index (χ3v) is 4.61. The van der Waals surface area contributed by atoms with E-state index in [1.807, 2.05) is 6.92 Å². The molecule has 2 aromatic carbocycles. The van der Waals surface area contributed by atoms with Gasteiger partial charge in [0.2, 0.25) is 9.84 Å². The van der Waals surface area contributed by atoms with E-state index in [2.05, 4.69) is 0 Å². The Kier molecular flexibility index (Phi) is 3.48. The maximum Gasteiger partial charge on any atom is 0.206 e. The highest BCUT2D eigenvalue weighted by Gasteiger charge is 2.18. The van der Waals surface area contributed by atoms with E-state index in [9.17, 15) is 8.42 Å². The van der Waals surface area contributed by atoms with Gasteiger partial charge in [-0.15, -0.1) is 0 Å². The number of ether oxygens (including phenoxy) is 1. The SMILES string of the molecule is COc1ccc(S(=O)(=O)c2ccc(C)cc2)cc1N. The zero-order valence-corrected chi connectivity index (χ0v) is 11.6. The summed E-state index contributed by atoms with van der Waals surface area (Å²) in [4.78, 5) is 0.414. The van der Waals surface area contributed by atoms with Crippen molar-refractivity contribution >= 4 is 15.5 Å². The maximum atomic E-state index is 12.4. The zero-order valence-electron chi connectivity index (χ0n) is 10.8. The minimum absolute atomic E-state index is 0.162. The molecule has 0 bridgehead atoms. The largest absolute Gasteiger partial charge is 0.495 e. The third-order valence-electron chi connectivity index (χ3n) is 2.84. The van der Waals surface area contributed by atoms with E-state index in [4.69, 9.17) is 10.5 Å². The molecule has 0 aliphatic carbocycles. The number of hydrogen-bond donors (Lipinski definition) is 1. The standard InChI is InChI=1S/C14H15NO3S/c1-10-3-5-11(6-4-10)19(16,17)12-7-8-14(18-2)13(15)9-12/h3-9H,15H2,1-2H3. The van der Waals surface area contributed by atoms with Crippen molar-refractivity contribution in [2.75, 3.05) is 12.8 Å². The fraction of sp³-hybridized carbons (Fsp3) is 0.143. The van der Waals surface area contributed by atoms with Gasteiger partial charge in [0.15, 0.2) is 0 Å². The van der Waals surface area contributed by atoms with Gasteiger partial charge in [-0.2, -0.15) is 0 Å². The van der Waals surface area contributed by atoms with E-state index >= 15 is 0 Å². The van der Waals surface area contributed by atoms with E-state index in [1.54, 1.807) is 30.3 Å². The first-order chi connectivity index (χ1) is 8.95. The third kappa shape index (κ3) is 2.56. The van der Waals surface area contributed by atoms with Crippen molar-refractivity contribution in [1.29, 1.82) is 0 Å². The van der Waals surface area contributed by atoms with Crippen molar-refractivity contribution in [3.05, 3.63) is 48.0 Å². The van der Waals surface area contributed by atoms with E-state index in [0.29, 0.717) is 11.4 Å². The lowest BCUT2D eigenvalue weighted by Crippen LogP contribution is -2.03. The molecule has 0 spiro atoms. The van der Waals surface area contributed by atoms with Crippen molar-refractivity contribution in [2.24, 2.45) is 0 Å². The summed E-state index contributed by atoms with van der Waals surface area (Å²) in [5, 5.41) is 0. The first kappa shape index (κ1) is 13.4. The van der Waals surface area contributed by atoms with Gasteiger partial charge in [0.05, 0.1) is 22.6 Å². The van der Waals surface area contributed by atoms with Crippen LogP contribution in [0.25, 0.3) is 0 Å². The number of nitrogen functional groups attached to an aromatic ring is 1. The predicted octanol–water partition coefficient (Wildman–Crippen LogP) is 2.42. The summed E-state index contributed by atoms with van der Waals surface area (Å²) in [6.07, 6.45) is 0. The van der Waals surface area contributed by atoms with Crippen LogP contribution in [-0.2, 0) is 9.84 Å². The fourth-order valence-electron chi connectivity index (χ4n) is 1.73. The van der Waals surface area contributed by atoms with E-state index in [1.165, 1.54) is 19.2 Å². The Balaban J connectivity index is 2.50. The quantitative estimate of drug-likeness (QED) is 0.875. The highest BCUT2D eigenvalue weighted by atomic mass is 32.2. The van der Waals surface area contributed by atoms with E-state index in [0.717, 1.165) is 5.56 Å². The second kappa shape index (κ2) is 4.93. The normalized spacial score (nSPS) is 11.3. The molecule has 0 atom stereocenters. The molecule has 0 amide bonds. The van der Waals surface area contributed by atoms with Crippen LogP contribution in [0.5, 0.6) is 5.75 Å². The molecule has 0 saturated carbocycles. The van der Waals surface area contributed by atoms with Gasteiger partial charge >= 0.3 is 0 Å². The summed E-state index contributed by atoms with van der Waals surface area (Å²) in [6.45, 7) is 1.90. The lowest BCUT2D eigenvalue weighted by Gasteiger charge is -2.08. The van der Waals surface area contributed by atoms with Gasteiger partial charge in [0, 0.05) is 0 Å². The Hall–Kier alpha value is -2.01. The predicted molar refractivity (Wildman–Crippen MR) is 74.0 cm³/mol. The lowest BCUT2D eigenvalue weighted by molar-refractivity contribution is 0.416. The van der Waals surface area contributed by atoms with Gasteiger partial charge in [-0.25, -0.2) is 8.42 Å². The molecular weight excluding hydrogens is 262 g/mol. The highest BCUT2D eigenvalue weighted by Crippen LogP contribution is 2.28.